The molecule has 0 aliphatic heterocycles. The van der Waals surface area contributed by atoms with Crippen molar-refractivity contribution in [3.63, 3.8) is 0 Å². The van der Waals surface area contributed by atoms with E-state index in [1.165, 1.54) is 0 Å². The number of nitrogens with one attached hydrogen (secondary N) is 2. The first kappa shape index (κ1) is 16.7. The second-order valence-electron chi connectivity index (χ2n) is 5.65. The second kappa shape index (κ2) is 6.54. The van der Waals surface area contributed by atoms with Crippen LogP contribution in [0.15, 0.2) is 46.9 Å². The number of benzene rings is 2. The van der Waals surface area contributed by atoms with Gasteiger partial charge in [-0.25, -0.2) is 0 Å². The van der Waals surface area contributed by atoms with Crippen LogP contribution in [-0.4, -0.2) is 31.1 Å². The lowest BCUT2D eigenvalue weighted by molar-refractivity contribution is 0.102. The molecule has 0 unspecified atom stereocenters. The summed E-state index contributed by atoms with van der Waals surface area (Å²) < 4.78 is 2.77. The van der Waals surface area contributed by atoms with Crippen LogP contribution in [0.2, 0.25) is 5.02 Å². The fourth-order valence-corrected chi connectivity index (χ4v) is 3.68. The van der Waals surface area contributed by atoms with Crippen LogP contribution in [0.5, 0.6) is 0 Å². The molecule has 0 atom stereocenters. The number of tetrazole rings is 1. The molecule has 2 aromatic carbocycles. The number of anilines is 1. The first-order chi connectivity index (χ1) is 12.5. The van der Waals surface area contributed by atoms with Gasteiger partial charge in [0.2, 0.25) is 5.82 Å². The summed E-state index contributed by atoms with van der Waals surface area (Å²) in [5.41, 5.74) is 2.61. The Morgan fingerprint density at radius 2 is 2.12 bits per heavy atom. The van der Waals surface area contributed by atoms with Crippen LogP contribution in [0.3, 0.4) is 0 Å². The molecule has 0 fully saturated rings. The van der Waals surface area contributed by atoms with E-state index < -0.39 is 0 Å². The zero-order valence-electron chi connectivity index (χ0n) is 13.5. The Balaban J connectivity index is 1.74. The standard InChI is InChI=1S/C17H12BrClN6O/c1-25-14(7-9-3-2-4-12(18)15(9)25)17(26)20-13-6-5-10(19)8-11(13)16-21-23-24-22-16/h2-8H,1H3,(H,20,26)(H,21,22,23,24). The third-order valence-electron chi connectivity index (χ3n) is 4.06. The minimum Gasteiger partial charge on any atom is -0.339 e. The zero-order chi connectivity index (χ0) is 18.3. The van der Waals surface area contributed by atoms with Crippen molar-refractivity contribution in [3.05, 3.63) is 57.7 Å². The molecule has 26 heavy (non-hydrogen) atoms. The minimum atomic E-state index is -0.248. The van der Waals surface area contributed by atoms with Gasteiger partial charge < -0.3 is 9.88 Å². The van der Waals surface area contributed by atoms with Gasteiger partial charge in [0.05, 0.1) is 11.2 Å². The number of nitrogens with zero attached hydrogens (tertiary/aromatic N) is 4. The number of fused-ring (bicyclic) bond motifs is 1. The van der Waals surface area contributed by atoms with E-state index in [1.54, 1.807) is 18.2 Å². The van der Waals surface area contributed by atoms with Crippen molar-refractivity contribution < 1.29 is 4.79 Å². The molecular weight excluding hydrogens is 420 g/mol. The van der Waals surface area contributed by atoms with Crippen molar-refractivity contribution in [2.75, 3.05) is 5.32 Å². The van der Waals surface area contributed by atoms with Crippen molar-refractivity contribution in [1.82, 2.24) is 25.2 Å². The number of hydrogen-bond acceptors (Lipinski definition) is 4. The molecular formula is C17H12BrClN6O. The van der Waals surface area contributed by atoms with Gasteiger partial charge in [-0.05, 0) is 51.5 Å². The lowest BCUT2D eigenvalue weighted by Gasteiger charge is -2.10. The number of H-pyrrole nitrogens is 1. The minimum absolute atomic E-state index is 0.248. The summed E-state index contributed by atoms with van der Waals surface area (Å²) >= 11 is 9.60. The van der Waals surface area contributed by atoms with Gasteiger partial charge in [0.1, 0.15) is 5.69 Å². The maximum atomic E-state index is 12.9. The van der Waals surface area contributed by atoms with Gasteiger partial charge in [0.15, 0.2) is 0 Å². The Hall–Kier alpha value is -2.71. The van der Waals surface area contributed by atoms with Gasteiger partial charge in [-0.1, -0.05) is 23.7 Å². The summed E-state index contributed by atoms with van der Waals surface area (Å²) in [6, 6.07) is 12.8. The molecule has 0 radical (unpaired) electrons. The SMILES string of the molecule is Cn1c(C(=O)Nc2ccc(Cl)cc2-c2nn[nH]n2)cc2cccc(Br)c21. The first-order valence-electron chi connectivity index (χ1n) is 7.63. The van der Waals surface area contributed by atoms with E-state index in [0.717, 1.165) is 15.4 Å². The van der Waals surface area contributed by atoms with Crippen LogP contribution >= 0.6 is 27.5 Å². The van der Waals surface area contributed by atoms with E-state index in [4.69, 9.17) is 11.6 Å². The molecule has 7 nitrogen and oxygen atoms in total. The van der Waals surface area contributed by atoms with Gasteiger partial charge in [0, 0.05) is 27.5 Å². The quantitative estimate of drug-likeness (QED) is 0.513. The number of aromatic nitrogens is 5. The summed E-state index contributed by atoms with van der Waals surface area (Å²) in [4.78, 5) is 12.9. The molecule has 1 amide bonds. The van der Waals surface area contributed by atoms with E-state index in [1.807, 2.05) is 35.9 Å². The van der Waals surface area contributed by atoms with Crippen LogP contribution in [0.4, 0.5) is 5.69 Å². The molecule has 0 spiro atoms. The van der Waals surface area contributed by atoms with Crippen LogP contribution in [0.1, 0.15) is 10.5 Å². The summed E-state index contributed by atoms with van der Waals surface area (Å²) in [6.07, 6.45) is 0. The number of carbonyl (C=O) groups is 1. The second-order valence-corrected chi connectivity index (χ2v) is 6.94. The number of rotatable bonds is 3. The van der Waals surface area contributed by atoms with Crippen LogP contribution in [0.25, 0.3) is 22.3 Å². The van der Waals surface area contributed by atoms with E-state index in [9.17, 15) is 4.79 Å². The van der Waals surface area contributed by atoms with Crippen LogP contribution in [-0.2, 0) is 7.05 Å². The lowest BCUT2D eigenvalue weighted by Crippen LogP contribution is -2.16. The van der Waals surface area contributed by atoms with Gasteiger partial charge in [-0.2, -0.15) is 5.21 Å². The molecule has 0 aliphatic carbocycles. The fourth-order valence-electron chi connectivity index (χ4n) is 2.86. The monoisotopic (exact) mass is 430 g/mol. The Morgan fingerprint density at radius 1 is 1.27 bits per heavy atom. The Kier molecular flexibility index (Phi) is 4.21. The van der Waals surface area contributed by atoms with Crippen molar-refractivity contribution in [2.24, 2.45) is 7.05 Å². The van der Waals surface area contributed by atoms with Crippen molar-refractivity contribution in [3.8, 4) is 11.4 Å². The van der Waals surface area contributed by atoms with E-state index in [-0.39, 0.29) is 5.91 Å². The summed E-state index contributed by atoms with van der Waals surface area (Å²) in [5.74, 6) is 0.102. The fraction of sp³-hybridized carbons (Fsp3) is 0.0588. The maximum absolute atomic E-state index is 12.9. The van der Waals surface area contributed by atoms with Gasteiger partial charge in [-0.15, -0.1) is 10.2 Å². The number of para-hydroxylation sites is 1. The van der Waals surface area contributed by atoms with Crippen LogP contribution in [0, 0.1) is 0 Å². The van der Waals surface area contributed by atoms with Crippen molar-refractivity contribution >= 4 is 50.0 Å². The maximum Gasteiger partial charge on any atom is 0.272 e. The number of hydrogen-bond donors (Lipinski definition) is 2. The number of amides is 1. The first-order valence-corrected chi connectivity index (χ1v) is 8.80. The molecule has 130 valence electrons. The summed E-state index contributed by atoms with van der Waals surface area (Å²) in [6.45, 7) is 0. The molecule has 2 N–H and O–H groups in total. The molecule has 0 aliphatic rings. The Labute approximate surface area is 161 Å². The highest BCUT2D eigenvalue weighted by molar-refractivity contribution is 9.10. The van der Waals surface area contributed by atoms with E-state index in [2.05, 4.69) is 41.9 Å². The number of aryl methyl sites for hydroxylation is 1. The largest absolute Gasteiger partial charge is 0.339 e. The molecule has 0 saturated heterocycles. The average Bonchev–Trinajstić information content (AvgIpc) is 3.25. The zero-order valence-corrected chi connectivity index (χ0v) is 15.8. The van der Waals surface area contributed by atoms with Gasteiger partial charge >= 0.3 is 0 Å². The third-order valence-corrected chi connectivity index (χ3v) is 4.93. The van der Waals surface area contributed by atoms with Gasteiger partial charge in [-0.3, -0.25) is 4.79 Å². The van der Waals surface area contributed by atoms with Crippen molar-refractivity contribution in [2.45, 2.75) is 0 Å². The predicted octanol–water partition coefficient (Wildman–Crippen LogP) is 4.03. The molecule has 0 saturated carbocycles. The number of halogens is 2. The van der Waals surface area contributed by atoms with Crippen LogP contribution < -0.4 is 5.32 Å². The Bertz CT molecular complexity index is 1120. The molecule has 4 aromatic rings. The predicted molar refractivity (Wildman–Crippen MR) is 103 cm³/mol. The highest BCUT2D eigenvalue weighted by Gasteiger charge is 2.18. The molecule has 9 heteroatoms. The number of carbonyl (C=O) groups excluding carboxylic acids is 1. The number of aromatic amines is 1. The molecule has 0 bridgehead atoms. The van der Waals surface area contributed by atoms with E-state index >= 15 is 0 Å². The Morgan fingerprint density at radius 3 is 2.85 bits per heavy atom. The smallest absolute Gasteiger partial charge is 0.272 e. The highest BCUT2D eigenvalue weighted by Crippen LogP contribution is 2.30. The summed E-state index contributed by atoms with van der Waals surface area (Å²) in [7, 11) is 1.85. The highest BCUT2D eigenvalue weighted by atomic mass is 79.9. The lowest BCUT2D eigenvalue weighted by atomic mass is 10.1. The molecule has 2 heterocycles. The molecule has 4 rings (SSSR count). The van der Waals surface area contributed by atoms with E-state index in [0.29, 0.717) is 27.8 Å². The average molecular weight is 432 g/mol. The van der Waals surface area contributed by atoms with Gasteiger partial charge in [0.25, 0.3) is 5.91 Å². The summed E-state index contributed by atoms with van der Waals surface area (Å²) in [5, 5.41) is 18.3. The third kappa shape index (κ3) is 2.87. The topological polar surface area (TPSA) is 88.5 Å². The van der Waals surface area contributed by atoms with Crippen molar-refractivity contribution in [1.29, 1.82) is 0 Å². The molecule has 2 aromatic heterocycles. The normalized spacial score (nSPS) is 11.0.